The lowest BCUT2D eigenvalue weighted by atomic mass is 10.1. The van der Waals surface area contributed by atoms with Gasteiger partial charge in [0.05, 0.1) is 12.4 Å². The van der Waals surface area contributed by atoms with E-state index >= 15 is 0 Å². The number of rotatable bonds is 5. The number of nitrogens with one attached hydrogen (secondary N) is 1. The van der Waals surface area contributed by atoms with Gasteiger partial charge in [0.2, 0.25) is 0 Å². The number of nitrogens with zero attached hydrogens (tertiary/aromatic N) is 3. The van der Waals surface area contributed by atoms with E-state index in [1.807, 2.05) is 0 Å². The summed E-state index contributed by atoms with van der Waals surface area (Å²) in [5, 5.41) is 2.82. The molecule has 5 nitrogen and oxygen atoms in total. The van der Waals surface area contributed by atoms with Gasteiger partial charge in [-0.3, -0.25) is 4.79 Å². The van der Waals surface area contributed by atoms with Gasteiger partial charge in [-0.25, -0.2) is 14.4 Å². The molecule has 3 rings (SSSR count). The maximum atomic E-state index is 12.9. The Bertz CT molecular complexity index is 680. The highest BCUT2D eigenvalue weighted by molar-refractivity contribution is 5.92. The fourth-order valence-electron chi connectivity index (χ4n) is 2.96. The zero-order chi connectivity index (χ0) is 17.5. The number of halogens is 1. The third-order valence-electron chi connectivity index (χ3n) is 4.41. The number of hydrogen-bond acceptors (Lipinski definition) is 4. The third kappa shape index (κ3) is 4.98. The Kier molecular flexibility index (Phi) is 5.93. The lowest BCUT2D eigenvalue weighted by Crippen LogP contribution is -2.28. The molecule has 2 heterocycles. The third-order valence-corrected chi connectivity index (χ3v) is 4.41. The zero-order valence-corrected chi connectivity index (χ0v) is 14.2. The molecular weight excluding hydrogens is 319 g/mol. The molecule has 1 aliphatic heterocycles. The normalized spacial score (nSPS) is 14.8. The van der Waals surface area contributed by atoms with Crippen molar-refractivity contribution in [1.29, 1.82) is 0 Å². The van der Waals surface area contributed by atoms with Gasteiger partial charge in [-0.15, -0.1) is 0 Å². The van der Waals surface area contributed by atoms with Crippen LogP contribution in [0.4, 0.5) is 10.2 Å². The number of benzene rings is 1. The van der Waals surface area contributed by atoms with Crippen LogP contribution in [0.1, 0.15) is 41.7 Å². The van der Waals surface area contributed by atoms with Crippen molar-refractivity contribution in [2.24, 2.45) is 0 Å². The highest BCUT2D eigenvalue weighted by atomic mass is 19.1. The number of anilines is 1. The second-order valence-electron chi connectivity index (χ2n) is 6.29. The van der Waals surface area contributed by atoms with Gasteiger partial charge in [-0.1, -0.05) is 25.0 Å². The number of carbonyl (C=O) groups excluding carboxylic acids is 1. The fourth-order valence-corrected chi connectivity index (χ4v) is 2.96. The van der Waals surface area contributed by atoms with Crippen molar-refractivity contribution in [1.82, 2.24) is 15.3 Å². The van der Waals surface area contributed by atoms with Crippen molar-refractivity contribution >= 4 is 11.7 Å². The van der Waals surface area contributed by atoms with E-state index in [2.05, 4.69) is 20.2 Å². The Morgan fingerprint density at radius 2 is 1.76 bits per heavy atom. The molecule has 25 heavy (non-hydrogen) atoms. The molecule has 0 saturated carbocycles. The average molecular weight is 342 g/mol. The summed E-state index contributed by atoms with van der Waals surface area (Å²) in [5.74, 6) is 0.342. The molecule has 0 aliphatic carbocycles. The minimum Gasteiger partial charge on any atom is -0.355 e. The molecule has 1 N–H and O–H groups in total. The van der Waals surface area contributed by atoms with Crippen LogP contribution in [0.25, 0.3) is 0 Å². The van der Waals surface area contributed by atoms with Crippen LogP contribution in [-0.4, -0.2) is 35.5 Å². The smallest absolute Gasteiger partial charge is 0.271 e. The Morgan fingerprint density at radius 3 is 2.40 bits per heavy atom. The molecule has 0 radical (unpaired) electrons. The Morgan fingerprint density at radius 1 is 1.04 bits per heavy atom. The number of carbonyl (C=O) groups is 1. The van der Waals surface area contributed by atoms with Gasteiger partial charge in [0.15, 0.2) is 0 Å². The van der Waals surface area contributed by atoms with Gasteiger partial charge in [0.1, 0.15) is 17.3 Å². The largest absolute Gasteiger partial charge is 0.355 e. The molecular formula is C19H23FN4O. The minimum atomic E-state index is -0.257. The maximum Gasteiger partial charge on any atom is 0.271 e. The molecule has 132 valence electrons. The van der Waals surface area contributed by atoms with Gasteiger partial charge in [-0.05, 0) is 37.0 Å². The number of amides is 1. The molecule has 0 atom stereocenters. The summed E-state index contributed by atoms with van der Waals surface area (Å²) in [7, 11) is 0. The van der Waals surface area contributed by atoms with Gasteiger partial charge >= 0.3 is 0 Å². The summed E-state index contributed by atoms with van der Waals surface area (Å²) in [6, 6.07) is 6.28. The second-order valence-corrected chi connectivity index (χ2v) is 6.29. The minimum absolute atomic E-state index is 0.239. The lowest BCUT2D eigenvalue weighted by Gasteiger charge is -2.20. The first-order valence-corrected chi connectivity index (χ1v) is 8.82. The zero-order valence-electron chi connectivity index (χ0n) is 14.2. The van der Waals surface area contributed by atoms with Crippen LogP contribution in [-0.2, 0) is 6.42 Å². The Hall–Kier alpha value is -2.50. The van der Waals surface area contributed by atoms with E-state index < -0.39 is 0 Å². The van der Waals surface area contributed by atoms with Crippen LogP contribution in [0.2, 0.25) is 0 Å². The van der Waals surface area contributed by atoms with Crippen molar-refractivity contribution in [3.05, 3.63) is 53.7 Å². The summed E-state index contributed by atoms with van der Waals surface area (Å²) < 4.78 is 12.9. The summed E-state index contributed by atoms with van der Waals surface area (Å²) >= 11 is 0. The van der Waals surface area contributed by atoms with E-state index in [9.17, 15) is 9.18 Å². The quantitative estimate of drug-likeness (QED) is 0.908. The van der Waals surface area contributed by atoms with E-state index in [-0.39, 0.29) is 11.7 Å². The molecule has 1 fully saturated rings. The van der Waals surface area contributed by atoms with Gasteiger partial charge in [0.25, 0.3) is 5.91 Å². The SMILES string of the molecule is O=C(NCCc1ccc(F)cc1)c1cnc(N2CCCCCC2)cn1. The van der Waals surface area contributed by atoms with E-state index in [4.69, 9.17) is 0 Å². The van der Waals surface area contributed by atoms with E-state index in [1.54, 1.807) is 18.3 Å². The summed E-state index contributed by atoms with van der Waals surface area (Å²) in [4.78, 5) is 23.0. The molecule has 2 aromatic rings. The first kappa shape index (κ1) is 17.3. The molecule has 1 aromatic heterocycles. The highest BCUT2D eigenvalue weighted by Crippen LogP contribution is 2.16. The second kappa shape index (κ2) is 8.55. The Balaban J connectivity index is 1.50. The lowest BCUT2D eigenvalue weighted by molar-refractivity contribution is 0.0949. The predicted octanol–water partition coefficient (Wildman–Crippen LogP) is 2.97. The van der Waals surface area contributed by atoms with Crippen LogP contribution in [0.5, 0.6) is 0 Å². The van der Waals surface area contributed by atoms with Crippen molar-refractivity contribution in [2.45, 2.75) is 32.1 Å². The molecule has 0 bridgehead atoms. The molecule has 1 saturated heterocycles. The van der Waals surface area contributed by atoms with Crippen molar-refractivity contribution in [3.8, 4) is 0 Å². The van der Waals surface area contributed by atoms with E-state index in [0.717, 1.165) is 24.5 Å². The predicted molar refractivity (Wildman–Crippen MR) is 95.2 cm³/mol. The molecule has 1 amide bonds. The maximum absolute atomic E-state index is 12.9. The fraction of sp³-hybridized carbons (Fsp3) is 0.421. The van der Waals surface area contributed by atoms with Crippen LogP contribution in [0.3, 0.4) is 0 Å². The van der Waals surface area contributed by atoms with E-state index in [0.29, 0.717) is 18.7 Å². The number of aromatic nitrogens is 2. The molecule has 0 spiro atoms. The average Bonchev–Trinajstić information content (AvgIpc) is 2.93. The molecule has 1 aromatic carbocycles. The number of hydrogen-bond donors (Lipinski definition) is 1. The topological polar surface area (TPSA) is 58.1 Å². The molecule has 6 heteroatoms. The standard InChI is InChI=1S/C19H23FN4O/c20-16-7-5-15(6-8-16)9-10-21-19(25)17-13-23-18(14-22-17)24-11-3-1-2-4-12-24/h5-8,13-14H,1-4,9-12H2,(H,21,25). The van der Waals surface area contributed by atoms with Crippen molar-refractivity contribution in [3.63, 3.8) is 0 Å². The van der Waals surface area contributed by atoms with Crippen molar-refractivity contribution < 1.29 is 9.18 Å². The van der Waals surface area contributed by atoms with Crippen LogP contribution in [0, 0.1) is 5.82 Å². The molecule has 0 unspecified atom stereocenters. The highest BCUT2D eigenvalue weighted by Gasteiger charge is 2.13. The van der Waals surface area contributed by atoms with Crippen LogP contribution >= 0.6 is 0 Å². The first-order chi connectivity index (χ1) is 12.2. The summed E-state index contributed by atoms with van der Waals surface area (Å²) in [6.07, 6.45) is 8.73. The van der Waals surface area contributed by atoms with Crippen LogP contribution < -0.4 is 10.2 Å². The van der Waals surface area contributed by atoms with E-state index in [1.165, 1.54) is 44.0 Å². The van der Waals surface area contributed by atoms with Gasteiger partial charge in [-0.2, -0.15) is 0 Å². The Labute approximate surface area is 147 Å². The van der Waals surface area contributed by atoms with Crippen LogP contribution in [0.15, 0.2) is 36.7 Å². The van der Waals surface area contributed by atoms with Gasteiger partial charge < -0.3 is 10.2 Å². The summed E-state index contributed by atoms with van der Waals surface area (Å²) in [6.45, 7) is 2.47. The first-order valence-electron chi connectivity index (χ1n) is 8.82. The van der Waals surface area contributed by atoms with Gasteiger partial charge in [0, 0.05) is 19.6 Å². The molecule has 1 aliphatic rings. The summed E-state index contributed by atoms with van der Waals surface area (Å²) in [5.41, 5.74) is 1.29. The monoisotopic (exact) mass is 342 g/mol. The van der Waals surface area contributed by atoms with Crippen molar-refractivity contribution in [2.75, 3.05) is 24.5 Å².